The van der Waals surface area contributed by atoms with Gasteiger partial charge in [-0.3, -0.25) is 9.78 Å². The maximum atomic E-state index is 12.2. The van der Waals surface area contributed by atoms with Gasteiger partial charge in [0.25, 0.3) is 5.56 Å². The predicted octanol–water partition coefficient (Wildman–Crippen LogP) is 2.14. The van der Waals surface area contributed by atoms with Gasteiger partial charge in [0.05, 0.1) is 11.0 Å². The van der Waals surface area contributed by atoms with Crippen molar-refractivity contribution in [3.8, 4) is 11.5 Å². The summed E-state index contributed by atoms with van der Waals surface area (Å²) in [6, 6.07) is 3.95. The summed E-state index contributed by atoms with van der Waals surface area (Å²) in [7, 11) is 1.98. The number of rotatable bonds is 7. The molecule has 0 amide bonds. The number of benzene rings is 1. The summed E-state index contributed by atoms with van der Waals surface area (Å²) in [6.45, 7) is 10.0. The van der Waals surface area contributed by atoms with Crippen molar-refractivity contribution in [1.82, 2.24) is 24.4 Å². The minimum atomic E-state index is -0.675. The molecule has 0 aliphatic carbocycles. The van der Waals surface area contributed by atoms with E-state index in [-0.39, 0.29) is 5.69 Å². The highest BCUT2D eigenvalue weighted by Crippen LogP contribution is 2.23. The smallest absolute Gasteiger partial charge is 0.321 e. The Labute approximate surface area is 170 Å². The van der Waals surface area contributed by atoms with Crippen molar-refractivity contribution in [3.63, 3.8) is 0 Å². The Balaban J connectivity index is 0.00000145. The number of nitrogens with one attached hydrogen (secondary N) is 1. The van der Waals surface area contributed by atoms with Crippen LogP contribution in [0.15, 0.2) is 21.7 Å². The number of likely N-dealkylation sites (N-methyl/N-ethyl adjacent to an activating group) is 1. The fourth-order valence-corrected chi connectivity index (χ4v) is 3.10. The van der Waals surface area contributed by atoms with E-state index in [1.54, 1.807) is 0 Å². The molecule has 0 atom stereocenters. The van der Waals surface area contributed by atoms with Gasteiger partial charge in [-0.15, -0.1) is 0 Å². The number of aryl methyl sites for hydroxylation is 2. The third kappa shape index (κ3) is 5.14. The Morgan fingerprint density at radius 1 is 1.10 bits per heavy atom. The second-order valence-electron chi connectivity index (χ2n) is 6.84. The van der Waals surface area contributed by atoms with Crippen LogP contribution >= 0.6 is 0 Å². The molecule has 0 unspecified atom stereocenters. The van der Waals surface area contributed by atoms with Gasteiger partial charge in [0, 0.05) is 19.5 Å². The molecule has 0 bridgehead atoms. The highest BCUT2D eigenvalue weighted by Gasteiger charge is 2.19. The first kappa shape index (κ1) is 22.4. The Morgan fingerprint density at radius 2 is 1.79 bits per heavy atom. The predicted molar refractivity (Wildman–Crippen MR) is 115 cm³/mol. The zero-order valence-electron chi connectivity index (χ0n) is 17.8. The molecule has 3 rings (SSSR count). The van der Waals surface area contributed by atoms with Crippen LogP contribution in [0.2, 0.25) is 0 Å². The number of aromatic nitrogens is 4. The number of hydrogen-bond acceptors (Lipinski definition) is 6. The molecule has 2 heterocycles. The maximum Gasteiger partial charge on any atom is 0.349 e. The normalized spacial score (nSPS) is 11.0. The fraction of sp³-hybridized carbons (Fsp3) is 0.476. The van der Waals surface area contributed by atoms with E-state index >= 15 is 0 Å². The third-order valence-electron chi connectivity index (χ3n) is 4.79. The molecule has 8 heteroatoms. The highest BCUT2D eigenvalue weighted by molar-refractivity contribution is 5.81. The highest BCUT2D eigenvalue weighted by atomic mass is 16.2. The summed E-state index contributed by atoms with van der Waals surface area (Å²) in [5, 5.41) is 0. The quantitative estimate of drug-likeness (QED) is 0.371. The van der Waals surface area contributed by atoms with Crippen LogP contribution in [-0.2, 0) is 11.3 Å². The summed E-state index contributed by atoms with van der Waals surface area (Å²) >= 11 is 0. The lowest BCUT2D eigenvalue weighted by Gasteiger charge is -2.21. The van der Waals surface area contributed by atoms with Crippen LogP contribution in [0.3, 0.4) is 0 Å². The van der Waals surface area contributed by atoms with Crippen LogP contribution in [0.5, 0.6) is 0 Å². The molecular weight excluding hydrogens is 370 g/mol. The summed E-state index contributed by atoms with van der Waals surface area (Å²) in [5.41, 5.74) is 2.67. The molecular formula is C21H29N5O3. The van der Waals surface area contributed by atoms with Crippen LogP contribution in [0.1, 0.15) is 37.8 Å². The standard InChI is InChI=1S/C19H23N5O3.C2H6/c1-12-10-14-15(11-13(12)2)24(8-7-23(3)6-4-5-9-25)17-16(20-14)18(26)22-19(27)21-17;1-2/h9-11H,4-8H2,1-3H3,(H,22,26,27);1-2H3. The van der Waals surface area contributed by atoms with Gasteiger partial charge >= 0.3 is 5.69 Å². The van der Waals surface area contributed by atoms with Crippen molar-refractivity contribution in [2.45, 2.75) is 47.1 Å². The lowest BCUT2D eigenvalue weighted by Crippen LogP contribution is -2.31. The monoisotopic (exact) mass is 399 g/mol. The van der Waals surface area contributed by atoms with Crippen molar-refractivity contribution in [2.24, 2.45) is 0 Å². The van der Waals surface area contributed by atoms with Gasteiger partial charge < -0.3 is 14.3 Å². The Bertz CT molecular complexity index is 1070. The number of unbranched alkanes of at least 4 members (excludes halogenated alkanes) is 1. The molecule has 8 nitrogen and oxygen atoms in total. The summed E-state index contributed by atoms with van der Waals surface area (Å²) in [4.78, 5) is 47.3. The van der Waals surface area contributed by atoms with Crippen LogP contribution in [-0.4, -0.2) is 50.8 Å². The number of fused-ring (bicyclic) bond motifs is 2. The average Bonchev–Trinajstić information content (AvgIpc) is 2.69. The minimum Gasteiger partial charge on any atom is -0.321 e. The number of H-pyrrole nitrogens is 1. The van der Waals surface area contributed by atoms with Crippen LogP contribution in [0.25, 0.3) is 22.6 Å². The second kappa shape index (κ2) is 10.1. The first-order valence-electron chi connectivity index (χ1n) is 9.94. The van der Waals surface area contributed by atoms with Gasteiger partial charge in [-0.25, -0.2) is 9.78 Å². The largest absolute Gasteiger partial charge is 0.349 e. The molecule has 1 aromatic rings. The van der Waals surface area contributed by atoms with Crippen LogP contribution in [0.4, 0.5) is 0 Å². The van der Waals surface area contributed by atoms with Gasteiger partial charge in [0.1, 0.15) is 6.29 Å². The average molecular weight is 399 g/mol. The topological polar surface area (TPSA) is 101 Å². The molecule has 0 radical (unpaired) electrons. The molecule has 29 heavy (non-hydrogen) atoms. The van der Waals surface area contributed by atoms with E-state index in [1.165, 1.54) is 0 Å². The number of nitrogens with zero attached hydrogens (tertiary/aromatic N) is 4. The van der Waals surface area contributed by atoms with E-state index in [9.17, 15) is 14.4 Å². The second-order valence-corrected chi connectivity index (χ2v) is 6.84. The van der Waals surface area contributed by atoms with Crippen molar-refractivity contribution in [2.75, 3.05) is 20.1 Å². The van der Waals surface area contributed by atoms with Gasteiger partial charge in [-0.05, 0) is 57.1 Å². The van der Waals surface area contributed by atoms with Crippen molar-refractivity contribution >= 4 is 17.3 Å². The summed E-state index contributed by atoms with van der Waals surface area (Å²) < 4.78 is 1.89. The van der Waals surface area contributed by atoms with E-state index in [2.05, 4.69) is 19.9 Å². The zero-order valence-corrected chi connectivity index (χ0v) is 17.8. The molecule has 2 aliphatic rings. The molecule has 0 spiro atoms. The SMILES string of the molecule is CC.Cc1cc2nc3c(=O)[nH]c(=O)nc-3n(CCN(C)CCCC=O)c2cc1C. The van der Waals surface area contributed by atoms with E-state index in [1.807, 2.05) is 51.4 Å². The molecule has 0 saturated carbocycles. The lowest BCUT2D eigenvalue weighted by molar-refractivity contribution is -0.108. The first-order valence-corrected chi connectivity index (χ1v) is 9.94. The van der Waals surface area contributed by atoms with E-state index in [0.29, 0.717) is 30.9 Å². The van der Waals surface area contributed by atoms with Gasteiger partial charge in [0.15, 0.2) is 11.5 Å². The molecule has 0 saturated heterocycles. The van der Waals surface area contributed by atoms with Crippen LogP contribution in [0, 0.1) is 13.8 Å². The zero-order chi connectivity index (χ0) is 21.6. The number of carbonyl (C=O) groups is 1. The maximum absolute atomic E-state index is 12.2. The number of hydrogen-bond donors (Lipinski definition) is 1. The summed E-state index contributed by atoms with van der Waals surface area (Å²) in [5.74, 6) is 0.292. The number of aldehydes is 1. The third-order valence-corrected chi connectivity index (χ3v) is 4.79. The van der Waals surface area contributed by atoms with E-state index < -0.39 is 11.2 Å². The molecule has 0 aromatic heterocycles. The first-order chi connectivity index (χ1) is 13.9. The number of carbonyl (C=O) groups excluding carboxylic acids is 1. The molecule has 2 aliphatic heterocycles. The van der Waals surface area contributed by atoms with Gasteiger partial charge in [0.2, 0.25) is 0 Å². The van der Waals surface area contributed by atoms with E-state index in [4.69, 9.17) is 0 Å². The molecule has 156 valence electrons. The molecule has 0 fully saturated rings. The van der Waals surface area contributed by atoms with Crippen molar-refractivity contribution in [1.29, 1.82) is 0 Å². The summed E-state index contributed by atoms with van der Waals surface area (Å²) in [6.07, 6.45) is 2.25. The van der Waals surface area contributed by atoms with Gasteiger partial charge in [-0.1, -0.05) is 13.8 Å². The minimum absolute atomic E-state index is 0.161. The number of aromatic amines is 1. The lowest BCUT2D eigenvalue weighted by atomic mass is 10.1. The van der Waals surface area contributed by atoms with Crippen molar-refractivity contribution in [3.05, 3.63) is 44.1 Å². The molecule has 1 aromatic carbocycles. The van der Waals surface area contributed by atoms with Crippen LogP contribution < -0.4 is 11.2 Å². The Kier molecular flexibility index (Phi) is 7.78. The molecule has 1 N–H and O–H groups in total. The Morgan fingerprint density at radius 3 is 2.48 bits per heavy atom. The van der Waals surface area contributed by atoms with Gasteiger partial charge in [-0.2, -0.15) is 4.98 Å². The van der Waals surface area contributed by atoms with E-state index in [0.717, 1.165) is 35.9 Å². The fourth-order valence-electron chi connectivity index (χ4n) is 3.10. The van der Waals surface area contributed by atoms with Crippen molar-refractivity contribution < 1.29 is 4.79 Å². The Hall–Kier alpha value is -2.87.